The summed E-state index contributed by atoms with van der Waals surface area (Å²) in [5.41, 5.74) is 1.35. The molecular formula is C17H29N3O2S. The van der Waals surface area contributed by atoms with E-state index in [1.165, 1.54) is 12.6 Å². The molecule has 1 atom stereocenters. The van der Waals surface area contributed by atoms with Gasteiger partial charge in [-0.25, -0.2) is 13.1 Å². The van der Waals surface area contributed by atoms with Gasteiger partial charge in [0.05, 0.1) is 5.75 Å². The highest BCUT2D eigenvalue weighted by Gasteiger charge is 2.21. The van der Waals surface area contributed by atoms with Crippen LogP contribution in [0.3, 0.4) is 0 Å². The quantitative estimate of drug-likeness (QED) is 0.818. The van der Waals surface area contributed by atoms with Gasteiger partial charge in [-0.2, -0.15) is 0 Å². The molecule has 5 nitrogen and oxygen atoms in total. The van der Waals surface area contributed by atoms with E-state index in [1.807, 2.05) is 0 Å². The molecule has 2 rings (SSSR count). The van der Waals surface area contributed by atoms with Gasteiger partial charge in [0, 0.05) is 19.1 Å². The first kappa shape index (κ1) is 18.4. The van der Waals surface area contributed by atoms with Gasteiger partial charge < -0.3 is 0 Å². The number of benzene rings is 1. The fourth-order valence-electron chi connectivity index (χ4n) is 3.18. The second-order valence-corrected chi connectivity index (χ2v) is 8.38. The van der Waals surface area contributed by atoms with Crippen molar-refractivity contribution < 1.29 is 8.42 Å². The summed E-state index contributed by atoms with van der Waals surface area (Å²) in [6.45, 7) is 7.27. The molecule has 0 amide bonds. The lowest BCUT2D eigenvalue weighted by molar-refractivity contribution is 0.188. The minimum Gasteiger partial charge on any atom is -0.299 e. The van der Waals surface area contributed by atoms with Crippen LogP contribution in [-0.4, -0.2) is 63.2 Å². The number of sulfonamides is 1. The van der Waals surface area contributed by atoms with E-state index in [4.69, 9.17) is 0 Å². The van der Waals surface area contributed by atoms with E-state index < -0.39 is 10.0 Å². The molecule has 0 spiro atoms. The minimum absolute atomic E-state index is 0.209. The highest BCUT2D eigenvalue weighted by Crippen LogP contribution is 2.13. The third-order valence-corrected chi connectivity index (χ3v) is 5.93. The van der Waals surface area contributed by atoms with Gasteiger partial charge in [0.25, 0.3) is 0 Å². The Labute approximate surface area is 140 Å². The molecule has 23 heavy (non-hydrogen) atoms. The summed E-state index contributed by atoms with van der Waals surface area (Å²) < 4.78 is 25.4. The minimum atomic E-state index is -3.09. The Kier molecular flexibility index (Phi) is 7.02. The van der Waals surface area contributed by atoms with Crippen LogP contribution in [0.1, 0.15) is 25.3 Å². The van der Waals surface area contributed by atoms with Crippen LogP contribution in [0.5, 0.6) is 0 Å². The average molecular weight is 340 g/mol. The van der Waals surface area contributed by atoms with Crippen molar-refractivity contribution in [1.29, 1.82) is 0 Å². The Hall–Kier alpha value is -0.950. The maximum absolute atomic E-state index is 11.5. The molecule has 1 N–H and O–H groups in total. The molecular weight excluding hydrogens is 310 g/mol. The molecule has 0 saturated carbocycles. The largest absolute Gasteiger partial charge is 0.299 e. The molecule has 0 aromatic heterocycles. The van der Waals surface area contributed by atoms with E-state index >= 15 is 0 Å². The van der Waals surface area contributed by atoms with Crippen LogP contribution in [0.15, 0.2) is 30.3 Å². The van der Waals surface area contributed by atoms with E-state index in [1.54, 1.807) is 0 Å². The third kappa shape index (κ3) is 6.22. The van der Waals surface area contributed by atoms with Crippen molar-refractivity contribution in [3.63, 3.8) is 0 Å². The fourth-order valence-corrected chi connectivity index (χ4v) is 3.89. The summed E-state index contributed by atoms with van der Waals surface area (Å²) in [6, 6.07) is 11.0. The van der Waals surface area contributed by atoms with Crippen LogP contribution in [-0.2, 0) is 16.6 Å². The smallest absolute Gasteiger partial charge is 0.211 e. The maximum Gasteiger partial charge on any atom is 0.211 e. The lowest BCUT2D eigenvalue weighted by Gasteiger charge is -2.29. The summed E-state index contributed by atoms with van der Waals surface area (Å²) in [6.07, 6.45) is 1.82. The zero-order valence-corrected chi connectivity index (χ0v) is 15.1. The van der Waals surface area contributed by atoms with Crippen LogP contribution in [0.25, 0.3) is 0 Å². The summed E-state index contributed by atoms with van der Waals surface area (Å²) in [5.74, 6) is 0.209. The van der Waals surface area contributed by atoms with Crippen LogP contribution in [0.2, 0.25) is 0 Å². The van der Waals surface area contributed by atoms with Crippen LogP contribution in [0, 0.1) is 0 Å². The van der Waals surface area contributed by atoms with Crippen LogP contribution < -0.4 is 4.72 Å². The molecule has 1 saturated heterocycles. The Morgan fingerprint density at radius 3 is 2.65 bits per heavy atom. The van der Waals surface area contributed by atoms with E-state index in [0.717, 1.165) is 39.1 Å². The SMILES string of the molecule is CNS(=O)(=O)CCCN1CCCN(Cc2ccccc2)C[C@@H]1C. The van der Waals surface area contributed by atoms with Crippen molar-refractivity contribution in [2.24, 2.45) is 0 Å². The molecule has 0 unspecified atom stereocenters. The fraction of sp³-hybridized carbons (Fsp3) is 0.647. The second-order valence-electron chi connectivity index (χ2n) is 6.34. The Bertz CT molecular complexity index is 562. The normalized spacial score (nSPS) is 21.2. The Balaban J connectivity index is 1.82. The number of rotatable bonds is 7. The molecule has 1 aliphatic rings. The highest BCUT2D eigenvalue weighted by molar-refractivity contribution is 7.89. The number of nitrogens with zero attached hydrogens (tertiary/aromatic N) is 2. The molecule has 1 heterocycles. The third-order valence-electron chi connectivity index (χ3n) is 4.48. The molecule has 130 valence electrons. The van der Waals surface area contributed by atoms with Gasteiger partial charge in [-0.05, 0) is 52.0 Å². The van der Waals surface area contributed by atoms with Crippen LogP contribution >= 0.6 is 0 Å². The lowest BCUT2D eigenvalue weighted by Crippen LogP contribution is -2.40. The number of hydrogen-bond donors (Lipinski definition) is 1. The zero-order valence-electron chi connectivity index (χ0n) is 14.2. The van der Waals surface area contributed by atoms with Gasteiger partial charge in [-0.1, -0.05) is 30.3 Å². The van der Waals surface area contributed by atoms with Gasteiger partial charge in [0.2, 0.25) is 10.0 Å². The van der Waals surface area contributed by atoms with Gasteiger partial charge in [-0.3, -0.25) is 9.80 Å². The number of nitrogens with one attached hydrogen (secondary N) is 1. The highest BCUT2D eigenvalue weighted by atomic mass is 32.2. The van der Waals surface area contributed by atoms with Crippen molar-refractivity contribution in [1.82, 2.24) is 14.5 Å². The number of hydrogen-bond acceptors (Lipinski definition) is 4. The van der Waals surface area contributed by atoms with Crippen molar-refractivity contribution in [2.75, 3.05) is 39.0 Å². The molecule has 6 heteroatoms. The van der Waals surface area contributed by atoms with Gasteiger partial charge in [0.1, 0.15) is 0 Å². The predicted octanol–water partition coefficient (Wildman–Crippen LogP) is 1.52. The Morgan fingerprint density at radius 2 is 1.96 bits per heavy atom. The molecule has 1 aliphatic heterocycles. The van der Waals surface area contributed by atoms with Gasteiger partial charge in [-0.15, -0.1) is 0 Å². The van der Waals surface area contributed by atoms with Crippen molar-refractivity contribution in [2.45, 2.75) is 32.4 Å². The van der Waals surface area contributed by atoms with Crippen molar-refractivity contribution in [3.05, 3.63) is 35.9 Å². The lowest BCUT2D eigenvalue weighted by atomic mass is 10.2. The van der Waals surface area contributed by atoms with Crippen LogP contribution in [0.4, 0.5) is 0 Å². The first-order valence-electron chi connectivity index (χ1n) is 8.42. The Morgan fingerprint density at radius 1 is 1.22 bits per heavy atom. The average Bonchev–Trinajstić information content (AvgIpc) is 2.70. The topological polar surface area (TPSA) is 52.7 Å². The first-order valence-corrected chi connectivity index (χ1v) is 10.1. The van der Waals surface area contributed by atoms with Crippen molar-refractivity contribution >= 4 is 10.0 Å². The molecule has 0 radical (unpaired) electrons. The standard InChI is InChI=1S/C17H29N3O2S/c1-16-14-19(15-17-8-4-3-5-9-17)10-6-11-20(16)12-7-13-23(21,22)18-2/h3-5,8-9,16,18H,6-7,10-15H2,1-2H3/t16-/m0/s1. The molecule has 1 aromatic rings. The molecule has 1 fully saturated rings. The summed E-state index contributed by atoms with van der Waals surface area (Å²) in [4.78, 5) is 4.93. The van der Waals surface area contributed by atoms with Gasteiger partial charge in [0.15, 0.2) is 0 Å². The maximum atomic E-state index is 11.5. The van der Waals surface area contributed by atoms with E-state index in [2.05, 4.69) is 51.8 Å². The predicted molar refractivity (Wildman–Crippen MR) is 94.8 cm³/mol. The van der Waals surface area contributed by atoms with Crippen molar-refractivity contribution in [3.8, 4) is 0 Å². The summed E-state index contributed by atoms with van der Waals surface area (Å²) >= 11 is 0. The zero-order chi connectivity index (χ0) is 16.7. The monoisotopic (exact) mass is 339 g/mol. The van der Waals surface area contributed by atoms with E-state index in [0.29, 0.717) is 12.5 Å². The van der Waals surface area contributed by atoms with Gasteiger partial charge >= 0.3 is 0 Å². The summed E-state index contributed by atoms with van der Waals surface area (Å²) in [5, 5.41) is 0. The first-order chi connectivity index (χ1) is 11.0. The van der Waals surface area contributed by atoms with E-state index in [-0.39, 0.29) is 5.75 Å². The molecule has 0 bridgehead atoms. The summed E-state index contributed by atoms with van der Waals surface area (Å²) in [7, 11) is -1.61. The second kappa shape index (κ2) is 8.78. The molecule has 0 aliphatic carbocycles. The van der Waals surface area contributed by atoms with E-state index in [9.17, 15) is 8.42 Å². The molecule has 1 aromatic carbocycles.